The second kappa shape index (κ2) is 5.17. The van der Waals surface area contributed by atoms with Gasteiger partial charge in [0, 0.05) is 11.6 Å². The second-order valence-corrected chi connectivity index (χ2v) is 4.96. The van der Waals surface area contributed by atoms with Crippen LogP contribution in [0.25, 0.3) is 0 Å². The summed E-state index contributed by atoms with van der Waals surface area (Å²) in [5, 5.41) is 2.80. The zero-order valence-electron chi connectivity index (χ0n) is 10.6. The molecule has 0 radical (unpaired) electrons. The lowest BCUT2D eigenvalue weighted by molar-refractivity contribution is -0.128. The van der Waals surface area contributed by atoms with Gasteiger partial charge in [0.05, 0.1) is 0 Å². The van der Waals surface area contributed by atoms with Crippen molar-refractivity contribution in [1.29, 1.82) is 0 Å². The summed E-state index contributed by atoms with van der Waals surface area (Å²) < 4.78 is 18.3. The fourth-order valence-electron chi connectivity index (χ4n) is 1.27. The van der Waals surface area contributed by atoms with Crippen LogP contribution in [-0.2, 0) is 4.79 Å². The first kappa shape index (κ1) is 13.5. The molecule has 0 heterocycles. The van der Waals surface area contributed by atoms with E-state index in [0.29, 0.717) is 5.75 Å². The van der Waals surface area contributed by atoms with Gasteiger partial charge in [-0.25, -0.2) is 4.39 Å². The SMILES string of the molecule is CC(Oc1cccc(F)c1)C(=O)NC(C)(C)C. The Labute approximate surface area is 101 Å². The monoisotopic (exact) mass is 239 g/mol. The van der Waals surface area contributed by atoms with E-state index in [9.17, 15) is 9.18 Å². The topological polar surface area (TPSA) is 38.3 Å². The minimum atomic E-state index is -0.656. The number of halogens is 1. The number of amides is 1. The van der Waals surface area contributed by atoms with Crippen LogP contribution in [0.2, 0.25) is 0 Å². The third-order valence-corrected chi connectivity index (χ3v) is 1.98. The smallest absolute Gasteiger partial charge is 0.261 e. The highest BCUT2D eigenvalue weighted by atomic mass is 19.1. The van der Waals surface area contributed by atoms with E-state index in [1.165, 1.54) is 12.1 Å². The Hall–Kier alpha value is -1.58. The Balaban J connectivity index is 2.60. The molecule has 1 unspecified atom stereocenters. The second-order valence-electron chi connectivity index (χ2n) is 4.96. The number of carbonyl (C=O) groups is 1. The molecule has 0 aliphatic rings. The van der Waals surface area contributed by atoms with Crippen molar-refractivity contribution in [3.05, 3.63) is 30.1 Å². The van der Waals surface area contributed by atoms with Crippen LogP contribution in [0.3, 0.4) is 0 Å². The maximum atomic E-state index is 12.9. The van der Waals surface area contributed by atoms with Crippen LogP contribution in [0.5, 0.6) is 5.75 Å². The summed E-state index contributed by atoms with van der Waals surface area (Å²) in [6, 6.07) is 5.73. The lowest BCUT2D eigenvalue weighted by Crippen LogP contribution is -2.46. The van der Waals surface area contributed by atoms with Crippen LogP contribution < -0.4 is 10.1 Å². The molecule has 0 aromatic heterocycles. The minimum absolute atomic E-state index is 0.221. The highest BCUT2D eigenvalue weighted by molar-refractivity contribution is 5.81. The summed E-state index contributed by atoms with van der Waals surface area (Å²) in [6.45, 7) is 7.30. The number of hydrogen-bond donors (Lipinski definition) is 1. The number of nitrogens with one attached hydrogen (secondary N) is 1. The van der Waals surface area contributed by atoms with Crippen LogP contribution in [-0.4, -0.2) is 17.6 Å². The van der Waals surface area contributed by atoms with Gasteiger partial charge < -0.3 is 10.1 Å². The maximum absolute atomic E-state index is 12.9. The first-order valence-corrected chi connectivity index (χ1v) is 5.52. The molecule has 0 aliphatic heterocycles. The van der Waals surface area contributed by atoms with Gasteiger partial charge >= 0.3 is 0 Å². The lowest BCUT2D eigenvalue weighted by Gasteiger charge is -2.23. The van der Waals surface area contributed by atoms with Crippen molar-refractivity contribution in [3.8, 4) is 5.75 Å². The number of benzene rings is 1. The van der Waals surface area contributed by atoms with E-state index in [-0.39, 0.29) is 17.3 Å². The predicted octanol–water partition coefficient (Wildman–Crippen LogP) is 2.51. The Kier molecular flexibility index (Phi) is 4.10. The quantitative estimate of drug-likeness (QED) is 0.880. The molecule has 1 aromatic rings. The molecule has 1 N–H and O–H groups in total. The lowest BCUT2D eigenvalue weighted by atomic mass is 10.1. The first-order valence-electron chi connectivity index (χ1n) is 5.52. The van der Waals surface area contributed by atoms with Gasteiger partial charge in [0.1, 0.15) is 11.6 Å². The molecule has 1 atom stereocenters. The van der Waals surface area contributed by atoms with Gasteiger partial charge in [0.2, 0.25) is 0 Å². The average Bonchev–Trinajstić information content (AvgIpc) is 2.14. The Morgan fingerprint density at radius 2 is 2.06 bits per heavy atom. The number of carbonyl (C=O) groups excluding carboxylic acids is 1. The molecule has 3 nitrogen and oxygen atoms in total. The van der Waals surface area contributed by atoms with Gasteiger partial charge in [0.15, 0.2) is 6.10 Å². The van der Waals surface area contributed by atoms with E-state index in [0.717, 1.165) is 0 Å². The predicted molar refractivity (Wildman–Crippen MR) is 64.4 cm³/mol. The number of ether oxygens (including phenoxy) is 1. The molecular formula is C13H18FNO2. The van der Waals surface area contributed by atoms with Gasteiger partial charge in [-0.15, -0.1) is 0 Å². The van der Waals surface area contributed by atoms with Crippen molar-refractivity contribution >= 4 is 5.91 Å². The molecule has 17 heavy (non-hydrogen) atoms. The normalized spacial score (nSPS) is 13.0. The molecule has 1 amide bonds. The Morgan fingerprint density at radius 3 is 2.59 bits per heavy atom. The molecule has 1 rings (SSSR count). The Morgan fingerprint density at radius 1 is 1.41 bits per heavy atom. The van der Waals surface area contributed by atoms with E-state index >= 15 is 0 Å². The molecule has 1 aromatic carbocycles. The highest BCUT2D eigenvalue weighted by Gasteiger charge is 2.20. The standard InChI is InChI=1S/C13H18FNO2/c1-9(12(16)15-13(2,3)4)17-11-7-5-6-10(14)8-11/h5-9H,1-4H3,(H,15,16). The van der Waals surface area contributed by atoms with Crippen molar-refractivity contribution in [3.63, 3.8) is 0 Å². The van der Waals surface area contributed by atoms with Crippen molar-refractivity contribution in [1.82, 2.24) is 5.32 Å². The first-order chi connectivity index (χ1) is 7.78. The van der Waals surface area contributed by atoms with Gasteiger partial charge in [0.25, 0.3) is 5.91 Å². The molecular weight excluding hydrogens is 221 g/mol. The Bertz CT molecular complexity index is 399. The van der Waals surface area contributed by atoms with E-state index < -0.39 is 6.10 Å². The summed E-state index contributed by atoms with van der Waals surface area (Å²) in [6.07, 6.45) is -0.656. The van der Waals surface area contributed by atoms with Crippen molar-refractivity contribution in [2.45, 2.75) is 39.3 Å². The zero-order valence-corrected chi connectivity index (χ0v) is 10.6. The molecule has 0 fully saturated rings. The van der Waals surface area contributed by atoms with Gasteiger partial charge in [-0.3, -0.25) is 4.79 Å². The summed E-state index contributed by atoms with van der Waals surface area (Å²) in [5.41, 5.74) is -0.309. The van der Waals surface area contributed by atoms with E-state index in [4.69, 9.17) is 4.74 Å². The molecule has 0 bridgehead atoms. The summed E-state index contributed by atoms with van der Waals surface area (Å²) >= 11 is 0. The fourth-order valence-corrected chi connectivity index (χ4v) is 1.27. The summed E-state index contributed by atoms with van der Waals surface area (Å²) in [4.78, 5) is 11.7. The molecule has 0 saturated heterocycles. The average molecular weight is 239 g/mol. The molecule has 4 heteroatoms. The van der Waals surface area contributed by atoms with Crippen LogP contribution in [0.4, 0.5) is 4.39 Å². The van der Waals surface area contributed by atoms with Gasteiger partial charge in [-0.05, 0) is 39.8 Å². The van der Waals surface area contributed by atoms with E-state index in [2.05, 4.69) is 5.32 Å². The van der Waals surface area contributed by atoms with Crippen molar-refractivity contribution in [2.24, 2.45) is 0 Å². The fraction of sp³-hybridized carbons (Fsp3) is 0.462. The van der Waals surface area contributed by atoms with Gasteiger partial charge in [-0.2, -0.15) is 0 Å². The molecule has 0 saturated carbocycles. The summed E-state index contributed by atoms with van der Waals surface area (Å²) in [7, 11) is 0. The third-order valence-electron chi connectivity index (χ3n) is 1.98. The number of rotatable bonds is 3. The van der Waals surface area contributed by atoms with E-state index in [1.54, 1.807) is 19.1 Å². The van der Waals surface area contributed by atoms with Crippen LogP contribution in [0, 0.1) is 5.82 Å². The van der Waals surface area contributed by atoms with E-state index in [1.807, 2.05) is 20.8 Å². The largest absolute Gasteiger partial charge is 0.481 e. The van der Waals surface area contributed by atoms with Crippen LogP contribution in [0.1, 0.15) is 27.7 Å². The zero-order chi connectivity index (χ0) is 13.1. The molecule has 0 aliphatic carbocycles. The van der Waals surface area contributed by atoms with Crippen LogP contribution >= 0.6 is 0 Å². The third kappa shape index (κ3) is 4.85. The maximum Gasteiger partial charge on any atom is 0.261 e. The van der Waals surface area contributed by atoms with Crippen molar-refractivity contribution < 1.29 is 13.9 Å². The van der Waals surface area contributed by atoms with Gasteiger partial charge in [-0.1, -0.05) is 6.07 Å². The molecule has 0 spiro atoms. The van der Waals surface area contributed by atoms with Crippen LogP contribution in [0.15, 0.2) is 24.3 Å². The highest BCUT2D eigenvalue weighted by Crippen LogP contribution is 2.14. The minimum Gasteiger partial charge on any atom is -0.481 e. The number of hydrogen-bond acceptors (Lipinski definition) is 2. The van der Waals surface area contributed by atoms with Crippen molar-refractivity contribution in [2.75, 3.05) is 0 Å². The summed E-state index contributed by atoms with van der Waals surface area (Å²) in [5.74, 6) is -0.255. The molecule has 94 valence electrons.